The lowest BCUT2D eigenvalue weighted by Gasteiger charge is -2.17. The average molecular weight is 372 g/mol. The van der Waals surface area contributed by atoms with Gasteiger partial charge in [-0.3, -0.25) is 9.59 Å². The predicted octanol–water partition coefficient (Wildman–Crippen LogP) is 3.50. The predicted molar refractivity (Wildman–Crippen MR) is 106 cm³/mol. The van der Waals surface area contributed by atoms with Crippen LogP contribution in [0.4, 0.5) is 5.69 Å². The minimum Gasteiger partial charge on any atom is -0.325 e. The third kappa shape index (κ3) is 3.85. The zero-order valence-electron chi connectivity index (χ0n) is 15.5. The number of hydrogen-bond acceptors (Lipinski definition) is 4. The highest BCUT2D eigenvalue weighted by Crippen LogP contribution is 2.26. The lowest BCUT2D eigenvalue weighted by Crippen LogP contribution is -2.25. The first kappa shape index (κ1) is 18.7. The first-order valence-electron chi connectivity index (χ1n) is 9.23. The molecule has 2 N–H and O–H groups in total. The Kier molecular flexibility index (Phi) is 5.81. The molecule has 1 aromatic heterocycles. The van der Waals surface area contributed by atoms with E-state index in [1.807, 2.05) is 25.1 Å². The van der Waals surface area contributed by atoms with Crippen molar-refractivity contribution in [3.05, 3.63) is 50.9 Å². The van der Waals surface area contributed by atoms with Crippen LogP contribution in [0.5, 0.6) is 0 Å². The fourth-order valence-corrected chi connectivity index (χ4v) is 4.14. The Hall–Kier alpha value is -2.08. The molecule has 0 spiro atoms. The third-order valence-electron chi connectivity index (χ3n) is 4.82. The van der Waals surface area contributed by atoms with Gasteiger partial charge < -0.3 is 10.3 Å². The molecule has 1 amide bonds. The van der Waals surface area contributed by atoms with E-state index in [1.54, 1.807) is 0 Å². The van der Waals surface area contributed by atoms with E-state index in [-0.39, 0.29) is 16.7 Å². The number of nitrogens with zero attached hydrogens (tertiary/aromatic N) is 1. The maximum absolute atomic E-state index is 12.7. The molecule has 1 atom stereocenters. The molecular formula is C20H25N3O2S. The molecule has 0 unspecified atom stereocenters. The smallest absolute Gasteiger partial charge is 0.254 e. The molecule has 0 bridgehead atoms. The van der Waals surface area contributed by atoms with Crippen molar-refractivity contribution >= 4 is 23.4 Å². The molecule has 138 valence electrons. The summed E-state index contributed by atoms with van der Waals surface area (Å²) < 4.78 is 0. The van der Waals surface area contributed by atoms with Crippen LogP contribution in [-0.4, -0.2) is 21.1 Å². The minimum absolute atomic E-state index is 0.0628. The Morgan fingerprint density at radius 2 is 1.96 bits per heavy atom. The number of aromatic nitrogens is 2. The van der Waals surface area contributed by atoms with Gasteiger partial charge in [0.25, 0.3) is 5.56 Å². The molecule has 3 rings (SSSR count). The van der Waals surface area contributed by atoms with Gasteiger partial charge in [0, 0.05) is 11.3 Å². The van der Waals surface area contributed by atoms with E-state index in [9.17, 15) is 9.59 Å². The van der Waals surface area contributed by atoms with Crippen LogP contribution in [0.25, 0.3) is 0 Å². The van der Waals surface area contributed by atoms with Crippen molar-refractivity contribution in [3.63, 3.8) is 0 Å². The van der Waals surface area contributed by atoms with Crippen molar-refractivity contribution in [2.24, 2.45) is 0 Å². The van der Waals surface area contributed by atoms with Gasteiger partial charge in [-0.2, -0.15) is 0 Å². The lowest BCUT2D eigenvalue weighted by molar-refractivity contribution is -0.115. The number of H-pyrrole nitrogens is 1. The number of para-hydroxylation sites is 1. The standard InChI is InChI=1S/C20H25N3O2S/c1-4-13-8-6-9-14(5-2)17(13)22-18(24)12(3)26-20-21-16-11-7-10-15(16)19(25)23-20/h6,8-9,12H,4-5,7,10-11H2,1-3H3,(H,22,24)(H,21,23,25)/t12-/m1/s1. The number of amides is 1. The molecule has 6 heteroatoms. The zero-order valence-corrected chi connectivity index (χ0v) is 16.3. The number of aryl methyl sites for hydroxylation is 3. The summed E-state index contributed by atoms with van der Waals surface area (Å²) in [6, 6.07) is 6.13. The van der Waals surface area contributed by atoms with Gasteiger partial charge in [0.05, 0.1) is 10.9 Å². The van der Waals surface area contributed by atoms with Crippen LogP contribution in [0, 0.1) is 0 Å². The molecular weight excluding hydrogens is 346 g/mol. The Labute approximate surface area is 158 Å². The van der Waals surface area contributed by atoms with Gasteiger partial charge in [0.1, 0.15) is 0 Å². The van der Waals surface area contributed by atoms with Crippen molar-refractivity contribution < 1.29 is 4.79 Å². The highest BCUT2D eigenvalue weighted by atomic mass is 32.2. The van der Waals surface area contributed by atoms with Crippen molar-refractivity contribution in [1.82, 2.24) is 9.97 Å². The average Bonchev–Trinajstić information content (AvgIpc) is 3.10. The molecule has 0 radical (unpaired) electrons. The number of hydrogen-bond donors (Lipinski definition) is 2. The number of carbonyl (C=O) groups is 1. The van der Waals surface area contributed by atoms with Crippen LogP contribution in [0.1, 0.15) is 49.6 Å². The van der Waals surface area contributed by atoms with E-state index in [2.05, 4.69) is 29.1 Å². The topological polar surface area (TPSA) is 74.8 Å². The second-order valence-corrected chi connectivity index (χ2v) is 7.89. The second-order valence-electron chi connectivity index (χ2n) is 6.56. The summed E-state index contributed by atoms with van der Waals surface area (Å²) in [5, 5.41) is 3.26. The first-order chi connectivity index (χ1) is 12.5. The van der Waals surface area contributed by atoms with Gasteiger partial charge in [-0.05, 0) is 50.2 Å². The van der Waals surface area contributed by atoms with Crippen LogP contribution in [-0.2, 0) is 30.5 Å². The first-order valence-corrected chi connectivity index (χ1v) is 10.1. The van der Waals surface area contributed by atoms with E-state index < -0.39 is 0 Å². The van der Waals surface area contributed by atoms with Crippen LogP contribution >= 0.6 is 11.8 Å². The largest absolute Gasteiger partial charge is 0.325 e. The summed E-state index contributed by atoms with van der Waals surface area (Å²) in [5.74, 6) is -0.0752. The van der Waals surface area contributed by atoms with Crippen molar-refractivity contribution in [2.75, 3.05) is 5.32 Å². The van der Waals surface area contributed by atoms with E-state index in [0.29, 0.717) is 5.16 Å². The van der Waals surface area contributed by atoms with Crippen LogP contribution in [0.3, 0.4) is 0 Å². The van der Waals surface area contributed by atoms with Gasteiger partial charge in [-0.15, -0.1) is 0 Å². The SMILES string of the molecule is CCc1cccc(CC)c1NC(=O)[C@@H](C)Sc1nc2c(c(=O)[nH]1)CCC2. The summed E-state index contributed by atoms with van der Waals surface area (Å²) in [5.41, 5.74) is 4.82. The number of carbonyl (C=O) groups excluding carboxylic acids is 1. The molecule has 0 saturated carbocycles. The molecule has 1 aliphatic rings. The normalized spacial score (nSPS) is 14.1. The molecule has 1 aliphatic carbocycles. The molecule has 26 heavy (non-hydrogen) atoms. The molecule has 1 heterocycles. The lowest BCUT2D eigenvalue weighted by atomic mass is 10.0. The van der Waals surface area contributed by atoms with Gasteiger partial charge in [0.15, 0.2) is 5.16 Å². The molecule has 0 fully saturated rings. The van der Waals surface area contributed by atoms with Gasteiger partial charge in [0.2, 0.25) is 5.91 Å². The number of rotatable bonds is 6. The number of anilines is 1. The highest BCUT2D eigenvalue weighted by molar-refractivity contribution is 8.00. The van der Waals surface area contributed by atoms with Crippen molar-refractivity contribution in [2.45, 2.75) is 63.3 Å². The van der Waals surface area contributed by atoms with Crippen LogP contribution in [0.2, 0.25) is 0 Å². The third-order valence-corrected chi connectivity index (χ3v) is 5.81. The van der Waals surface area contributed by atoms with E-state index in [4.69, 9.17) is 0 Å². The molecule has 1 aromatic carbocycles. The number of thioether (sulfide) groups is 1. The second kappa shape index (κ2) is 8.08. The van der Waals surface area contributed by atoms with Gasteiger partial charge in [-0.1, -0.05) is 43.8 Å². The molecule has 5 nitrogen and oxygen atoms in total. The van der Waals surface area contributed by atoms with Crippen molar-refractivity contribution in [3.8, 4) is 0 Å². The summed E-state index contributed by atoms with van der Waals surface area (Å²) in [6.45, 7) is 6.01. The number of benzene rings is 1. The fraction of sp³-hybridized carbons (Fsp3) is 0.450. The van der Waals surface area contributed by atoms with Crippen molar-refractivity contribution in [1.29, 1.82) is 0 Å². The summed E-state index contributed by atoms with van der Waals surface area (Å²) in [4.78, 5) is 32.2. The number of fused-ring (bicyclic) bond motifs is 1. The zero-order chi connectivity index (χ0) is 18.7. The summed E-state index contributed by atoms with van der Waals surface area (Å²) >= 11 is 1.30. The molecule has 2 aromatic rings. The number of aromatic amines is 1. The number of nitrogens with one attached hydrogen (secondary N) is 2. The summed E-state index contributed by atoms with van der Waals surface area (Å²) in [6.07, 6.45) is 4.35. The maximum Gasteiger partial charge on any atom is 0.254 e. The molecule has 0 aliphatic heterocycles. The van der Waals surface area contributed by atoms with Crippen LogP contribution in [0.15, 0.2) is 28.2 Å². The highest BCUT2D eigenvalue weighted by Gasteiger charge is 2.21. The Balaban J connectivity index is 1.75. The Morgan fingerprint density at radius 3 is 2.62 bits per heavy atom. The summed E-state index contributed by atoms with van der Waals surface area (Å²) in [7, 11) is 0. The van der Waals surface area contributed by atoms with E-state index in [1.165, 1.54) is 11.8 Å². The van der Waals surface area contributed by atoms with Gasteiger partial charge in [-0.25, -0.2) is 4.98 Å². The van der Waals surface area contributed by atoms with E-state index in [0.717, 1.165) is 60.2 Å². The molecule has 0 saturated heterocycles. The quantitative estimate of drug-likeness (QED) is 0.602. The van der Waals surface area contributed by atoms with E-state index >= 15 is 0 Å². The monoisotopic (exact) mass is 371 g/mol. The van der Waals surface area contributed by atoms with Crippen LogP contribution < -0.4 is 10.9 Å². The maximum atomic E-state index is 12.7. The Bertz CT molecular complexity index is 854. The Morgan fingerprint density at radius 1 is 1.27 bits per heavy atom. The van der Waals surface area contributed by atoms with Gasteiger partial charge >= 0.3 is 0 Å². The minimum atomic E-state index is -0.354. The fourth-order valence-electron chi connectivity index (χ4n) is 3.32.